The van der Waals surface area contributed by atoms with Crippen molar-refractivity contribution in [2.45, 2.75) is 0 Å². The van der Waals surface area contributed by atoms with Crippen molar-refractivity contribution in [2.24, 2.45) is 0 Å². The minimum absolute atomic E-state index is 0.0768. The number of nitrogens with two attached hydrogens (primary N) is 1. The molecule has 42 heavy (non-hydrogen) atoms. The smallest absolute Gasteiger partial charge is 0.186 e. The van der Waals surface area contributed by atoms with Crippen molar-refractivity contribution in [3.05, 3.63) is 120 Å². The highest BCUT2D eigenvalue weighted by molar-refractivity contribution is 5.76. The molecule has 4 N–H and O–H groups in total. The fourth-order valence-electron chi connectivity index (χ4n) is 4.29. The molecule has 10 nitrogen and oxygen atoms in total. The number of nitrogens with zero attached hydrogens (tertiary/aromatic N) is 5. The van der Waals surface area contributed by atoms with Crippen LogP contribution in [0.15, 0.2) is 109 Å². The van der Waals surface area contributed by atoms with E-state index in [1.54, 1.807) is 24.3 Å². The summed E-state index contributed by atoms with van der Waals surface area (Å²) in [4.78, 5) is 1.24. The van der Waals surface area contributed by atoms with Crippen LogP contribution in [0.25, 0.3) is 22.5 Å². The Morgan fingerprint density at radius 1 is 0.667 bits per heavy atom. The molecule has 0 fully saturated rings. The first-order chi connectivity index (χ1) is 20.6. The molecule has 2 heterocycles. The quantitative estimate of drug-likeness (QED) is 0.189. The maximum Gasteiger partial charge on any atom is 0.186 e. The van der Waals surface area contributed by atoms with Crippen LogP contribution in [-0.4, -0.2) is 20.1 Å². The number of para-hydroxylation sites is 2. The number of nitrogen functional groups attached to an aromatic ring is 1. The molecule has 4 aromatic carbocycles. The summed E-state index contributed by atoms with van der Waals surface area (Å²) in [7, 11) is 0. The Kier molecular flexibility index (Phi) is 6.93. The Hall–Kier alpha value is -6.52. The third-order valence-electron chi connectivity index (χ3n) is 6.35. The molecule has 10 heteroatoms. The number of hydrogen-bond donors (Lipinski definition) is 3. The van der Waals surface area contributed by atoms with E-state index >= 15 is 0 Å². The summed E-state index contributed by atoms with van der Waals surface area (Å²) in [6, 6.07) is 37.6. The zero-order valence-corrected chi connectivity index (χ0v) is 22.0. The molecule has 2 aromatic heterocycles. The monoisotopic (exact) mass is 550 g/mol. The van der Waals surface area contributed by atoms with Crippen molar-refractivity contribution in [3.8, 4) is 57.7 Å². The number of H-pyrrole nitrogens is 1. The fraction of sp³-hybridized carbons (Fsp3) is 0. The van der Waals surface area contributed by atoms with Crippen molar-refractivity contribution in [1.29, 1.82) is 10.5 Å². The molecule has 0 radical (unpaired) electrons. The summed E-state index contributed by atoms with van der Waals surface area (Å²) in [5.74, 6) is 3.00. The van der Waals surface area contributed by atoms with E-state index in [1.807, 2.05) is 84.9 Å². The van der Waals surface area contributed by atoms with Crippen molar-refractivity contribution < 1.29 is 9.47 Å². The lowest BCUT2D eigenvalue weighted by atomic mass is 10.1. The Balaban J connectivity index is 1.23. The van der Waals surface area contributed by atoms with Crippen LogP contribution < -0.4 is 20.6 Å². The van der Waals surface area contributed by atoms with Crippen LogP contribution in [0, 0.1) is 22.7 Å². The van der Waals surface area contributed by atoms with E-state index in [0.717, 1.165) is 11.3 Å². The second kappa shape index (κ2) is 11.3. The molecule has 0 aliphatic carbocycles. The first kappa shape index (κ1) is 25.7. The van der Waals surface area contributed by atoms with Crippen LogP contribution in [0.5, 0.6) is 23.0 Å². The second-order valence-corrected chi connectivity index (χ2v) is 9.06. The van der Waals surface area contributed by atoms with Gasteiger partial charge in [0.1, 0.15) is 52.0 Å². The molecule has 0 unspecified atom stereocenters. The molecule has 0 saturated heterocycles. The molecular weight excluding hydrogens is 528 g/mol. The number of aromatic amines is 1. The van der Waals surface area contributed by atoms with Crippen molar-refractivity contribution in [3.63, 3.8) is 0 Å². The molecular formula is C32H22N8O2. The SMILES string of the molecule is N#Cc1c(Nn2nc(-c3ccc(Oc4ccccc4)cc3)c(C#N)c2N)n[nH]c1-c1ccc(Oc2ccccc2)cc1. The minimum Gasteiger partial charge on any atom is -0.457 e. The van der Waals surface area contributed by atoms with Crippen molar-refractivity contribution in [2.75, 3.05) is 11.2 Å². The van der Waals surface area contributed by atoms with Gasteiger partial charge in [0.15, 0.2) is 11.6 Å². The number of aromatic nitrogens is 4. The summed E-state index contributed by atoms with van der Waals surface area (Å²) in [5.41, 5.74) is 11.9. The molecule has 0 amide bonds. The number of benzene rings is 4. The number of anilines is 2. The molecule has 0 aliphatic rings. The van der Waals surface area contributed by atoms with E-state index in [1.165, 1.54) is 4.79 Å². The van der Waals surface area contributed by atoms with Gasteiger partial charge in [-0.05, 0) is 72.8 Å². The van der Waals surface area contributed by atoms with Gasteiger partial charge in [-0.25, -0.2) is 0 Å². The standard InChI is InChI=1S/C32H22N8O2/c33-19-27-30(22-13-17-26(18-14-22)42-24-9-5-2-6-10-24)38-40(31(27)35)39-32-28(20-34)29(36-37-32)21-11-15-25(16-12-21)41-23-7-3-1-4-8-23/h1-18H,35H2,(H2,36,37,39). The van der Waals surface area contributed by atoms with Gasteiger partial charge < -0.3 is 15.2 Å². The predicted octanol–water partition coefficient (Wildman–Crippen LogP) is 6.73. The van der Waals surface area contributed by atoms with Crippen LogP contribution in [0.4, 0.5) is 11.6 Å². The largest absolute Gasteiger partial charge is 0.457 e. The first-order valence-electron chi connectivity index (χ1n) is 12.8. The third-order valence-corrected chi connectivity index (χ3v) is 6.35. The zero-order valence-electron chi connectivity index (χ0n) is 22.0. The van der Waals surface area contributed by atoms with E-state index in [2.05, 4.69) is 32.9 Å². The number of ether oxygens (including phenoxy) is 2. The van der Waals surface area contributed by atoms with Crippen LogP contribution in [0.2, 0.25) is 0 Å². The highest BCUT2D eigenvalue weighted by Crippen LogP contribution is 2.32. The molecule has 0 saturated carbocycles. The number of hydrogen-bond acceptors (Lipinski definition) is 8. The summed E-state index contributed by atoms with van der Waals surface area (Å²) in [6.07, 6.45) is 0. The molecule has 6 rings (SSSR count). The highest BCUT2D eigenvalue weighted by Gasteiger charge is 2.21. The lowest BCUT2D eigenvalue weighted by Crippen LogP contribution is -2.15. The molecule has 0 spiro atoms. The lowest BCUT2D eigenvalue weighted by molar-refractivity contribution is 0.482. The van der Waals surface area contributed by atoms with Gasteiger partial charge in [0.25, 0.3) is 0 Å². The number of rotatable bonds is 8. The van der Waals surface area contributed by atoms with E-state index < -0.39 is 0 Å². The van der Waals surface area contributed by atoms with Gasteiger partial charge in [-0.1, -0.05) is 36.4 Å². The highest BCUT2D eigenvalue weighted by atomic mass is 16.5. The Morgan fingerprint density at radius 2 is 1.17 bits per heavy atom. The third kappa shape index (κ3) is 5.19. The average molecular weight is 551 g/mol. The van der Waals surface area contributed by atoms with E-state index in [0.29, 0.717) is 34.2 Å². The Bertz CT molecular complexity index is 1920. The van der Waals surface area contributed by atoms with Crippen LogP contribution in [-0.2, 0) is 0 Å². The topological polar surface area (TPSA) is 151 Å². The molecule has 0 bridgehead atoms. The molecule has 0 atom stereocenters. The summed E-state index contributed by atoms with van der Waals surface area (Å²) < 4.78 is 11.7. The van der Waals surface area contributed by atoms with Crippen molar-refractivity contribution in [1.82, 2.24) is 20.1 Å². The van der Waals surface area contributed by atoms with Gasteiger partial charge in [-0.2, -0.15) is 20.4 Å². The number of nitriles is 2. The fourth-order valence-corrected chi connectivity index (χ4v) is 4.29. The number of nitrogens with one attached hydrogen (secondary N) is 2. The summed E-state index contributed by atoms with van der Waals surface area (Å²) in [5, 5.41) is 31.5. The van der Waals surface area contributed by atoms with Gasteiger partial charge in [0.05, 0.1) is 5.69 Å². The minimum atomic E-state index is 0.0768. The van der Waals surface area contributed by atoms with Gasteiger partial charge in [0.2, 0.25) is 0 Å². The van der Waals surface area contributed by atoms with Gasteiger partial charge >= 0.3 is 0 Å². The summed E-state index contributed by atoms with van der Waals surface area (Å²) >= 11 is 0. The summed E-state index contributed by atoms with van der Waals surface area (Å²) in [6.45, 7) is 0. The Labute approximate surface area is 240 Å². The second-order valence-electron chi connectivity index (χ2n) is 9.06. The van der Waals surface area contributed by atoms with E-state index in [4.69, 9.17) is 15.2 Å². The van der Waals surface area contributed by atoms with Crippen molar-refractivity contribution >= 4 is 11.6 Å². The molecule has 0 aliphatic heterocycles. The van der Waals surface area contributed by atoms with Gasteiger partial charge in [-0.15, -0.1) is 5.10 Å². The van der Waals surface area contributed by atoms with Gasteiger partial charge in [-0.3, -0.25) is 10.5 Å². The predicted molar refractivity (Wildman–Crippen MR) is 158 cm³/mol. The maximum atomic E-state index is 9.96. The van der Waals surface area contributed by atoms with E-state index in [9.17, 15) is 10.5 Å². The Morgan fingerprint density at radius 3 is 1.69 bits per heavy atom. The maximum absolute atomic E-state index is 9.96. The zero-order chi connectivity index (χ0) is 28.9. The molecule has 6 aromatic rings. The molecule has 202 valence electrons. The lowest BCUT2D eigenvalue weighted by Gasteiger charge is -2.07. The van der Waals surface area contributed by atoms with Crippen LogP contribution in [0.3, 0.4) is 0 Å². The van der Waals surface area contributed by atoms with Crippen LogP contribution >= 0.6 is 0 Å². The van der Waals surface area contributed by atoms with E-state index in [-0.39, 0.29) is 22.8 Å². The van der Waals surface area contributed by atoms with Gasteiger partial charge in [0, 0.05) is 11.1 Å². The first-order valence-corrected chi connectivity index (χ1v) is 12.8. The average Bonchev–Trinajstić information content (AvgIpc) is 3.59. The van der Waals surface area contributed by atoms with Crippen LogP contribution in [0.1, 0.15) is 11.1 Å². The normalized spacial score (nSPS) is 10.4.